The van der Waals surface area contributed by atoms with Crippen molar-refractivity contribution in [3.8, 4) is 0 Å². The van der Waals surface area contributed by atoms with E-state index in [0.717, 1.165) is 11.6 Å². The molecule has 2 aromatic rings. The summed E-state index contributed by atoms with van der Waals surface area (Å²) in [6, 6.07) is 9.45. The fourth-order valence-corrected chi connectivity index (χ4v) is 2.78. The second-order valence-corrected chi connectivity index (χ2v) is 6.18. The molecule has 1 aromatic carbocycles. The lowest BCUT2D eigenvalue weighted by atomic mass is 10.2. The van der Waals surface area contributed by atoms with Gasteiger partial charge in [-0.3, -0.25) is 0 Å². The molecule has 7 heteroatoms. The fourth-order valence-electron chi connectivity index (χ4n) is 1.62. The molecule has 0 aliphatic carbocycles. The number of benzene rings is 1. The second kappa shape index (κ2) is 6.30. The molecule has 1 heterocycles. The third-order valence-corrected chi connectivity index (χ3v) is 4.24. The maximum Gasteiger partial charge on any atom is 0.261 e. The molecule has 1 aromatic heterocycles. The Kier molecular flexibility index (Phi) is 4.69. The molecule has 0 unspecified atom stereocenters. The summed E-state index contributed by atoms with van der Waals surface area (Å²) in [7, 11) is -3.93. The lowest BCUT2D eigenvalue weighted by Gasteiger charge is -2.06. The van der Waals surface area contributed by atoms with E-state index >= 15 is 0 Å². The molecule has 0 aliphatic heterocycles. The van der Waals surface area contributed by atoms with Crippen molar-refractivity contribution in [2.24, 2.45) is 0 Å². The summed E-state index contributed by atoms with van der Waals surface area (Å²) in [5, 5.41) is 0.0287. The van der Waals surface area contributed by atoms with Gasteiger partial charge in [0, 0.05) is 17.8 Å². The first kappa shape index (κ1) is 14.9. The van der Waals surface area contributed by atoms with Crippen LogP contribution in [0.25, 0.3) is 0 Å². The van der Waals surface area contributed by atoms with Gasteiger partial charge in [0.15, 0.2) is 5.82 Å². The Bertz CT molecular complexity index is 690. The molecule has 0 atom stereocenters. The van der Waals surface area contributed by atoms with Crippen molar-refractivity contribution in [3.63, 3.8) is 0 Å². The van der Waals surface area contributed by atoms with Gasteiger partial charge in [0.25, 0.3) is 10.0 Å². The third kappa shape index (κ3) is 3.75. The van der Waals surface area contributed by atoms with Gasteiger partial charge in [-0.2, -0.15) is 0 Å². The summed E-state index contributed by atoms with van der Waals surface area (Å²) in [4.78, 5) is 3.54. The topological polar surface area (TPSA) is 59.1 Å². The molecule has 0 radical (unpaired) electrons. The first-order valence-electron chi connectivity index (χ1n) is 5.84. The molecule has 2 rings (SSSR count). The average molecular weight is 315 g/mol. The van der Waals surface area contributed by atoms with E-state index in [-0.39, 0.29) is 6.54 Å². The Morgan fingerprint density at radius 1 is 1.20 bits per heavy atom. The van der Waals surface area contributed by atoms with Gasteiger partial charge in [0.1, 0.15) is 0 Å². The number of hydrogen-bond acceptors (Lipinski definition) is 3. The highest BCUT2D eigenvalue weighted by molar-refractivity contribution is 7.89. The van der Waals surface area contributed by atoms with Crippen molar-refractivity contribution in [2.75, 3.05) is 6.54 Å². The number of nitrogens with one attached hydrogen (secondary N) is 1. The molecule has 0 saturated heterocycles. The lowest BCUT2D eigenvalue weighted by molar-refractivity contribution is 0.545. The van der Waals surface area contributed by atoms with Crippen molar-refractivity contribution in [1.29, 1.82) is 0 Å². The van der Waals surface area contributed by atoms with E-state index in [1.807, 2.05) is 0 Å². The van der Waals surface area contributed by atoms with Crippen LogP contribution in [0.2, 0.25) is 5.02 Å². The highest BCUT2D eigenvalue weighted by atomic mass is 35.5. The minimum atomic E-state index is -3.93. The number of aromatic nitrogens is 1. The van der Waals surface area contributed by atoms with Gasteiger partial charge >= 0.3 is 0 Å². The van der Waals surface area contributed by atoms with E-state index in [0.29, 0.717) is 11.4 Å². The van der Waals surface area contributed by atoms with Crippen LogP contribution in [0.3, 0.4) is 0 Å². The van der Waals surface area contributed by atoms with Crippen LogP contribution in [0.4, 0.5) is 4.39 Å². The highest BCUT2D eigenvalue weighted by Crippen LogP contribution is 2.11. The van der Waals surface area contributed by atoms with Gasteiger partial charge in [-0.05, 0) is 36.2 Å². The van der Waals surface area contributed by atoms with Crippen molar-refractivity contribution in [1.82, 2.24) is 9.71 Å². The molecule has 0 saturated carbocycles. The van der Waals surface area contributed by atoms with E-state index in [1.165, 1.54) is 12.3 Å². The largest absolute Gasteiger partial charge is 0.261 e. The minimum Gasteiger partial charge on any atom is -0.241 e. The van der Waals surface area contributed by atoms with Crippen LogP contribution < -0.4 is 4.72 Å². The molecule has 20 heavy (non-hydrogen) atoms. The average Bonchev–Trinajstić information content (AvgIpc) is 2.41. The molecule has 4 nitrogen and oxygen atoms in total. The third-order valence-electron chi connectivity index (χ3n) is 2.60. The lowest BCUT2D eigenvalue weighted by Crippen LogP contribution is -2.27. The zero-order chi connectivity index (χ0) is 14.6. The Labute approximate surface area is 121 Å². The molecule has 0 bridgehead atoms. The molecule has 0 fully saturated rings. The zero-order valence-corrected chi connectivity index (χ0v) is 12.0. The van der Waals surface area contributed by atoms with E-state index in [9.17, 15) is 12.8 Å². The van der Waals surface area contributed by atoms with Gasteiger partial charge in [0.05, 0.1) is 0 Å². The van der Waals surface area contributed by atoms with E-state index in [4.69, 9.17) is 11.6 Å². The van der Waals surface area contributed by atoms with Crippen molar-refractivity contribution in [2.45, 2.75) is 11.4 Å². The number of halogens is 2. The van der Waals surface area contributed by atoms with Crippen LogP contribution in [0.15, 0.2) is 47.6 Å². The second-order valence-electron chi connectivity index (χ2n) is 4.06. The first-order valence-corrected chi connectivity index (χ1v) is 7.70. The van der Waals surface area contributed by atoms with E-state index in [2.05, 4.69) is 9.71 Å². The number of rotatable bonds is 5. The Balaban J connectivity index is 2.00. The van der Waals surface area contributed by atoms with E-state index < -0.39 is 20.9 Å². The van der Waals surface area contributed by atoms with Crippen LogP contribution in [0, 0.1) is 5.82 Å². The summed E-state index contributed by atoms with van der Waals surface area (Å²) < 4.78 is 39.4. The molecular formula is C13H12ClFN2O2S. The number of pyridine rings is 1. The highest BCUT2D eigenvalue weighted by Gasteiger charge is 2.19. The summed E-state index contributed by atoms with van der Waals surface area (Å²) in [6.07, 6.45) is 1.71. The predicted octanol–water partition coefficient (Wildman–Crippen LogP) is 2.40. The van der Waals surface area contributed by atoms with Crippen LogP contribution >= 0.6 is 11.6 Å². The summed E-state index contributed by atoms with van der Waals surface area (Å²) in [6.45, 7) is 0.153. The molecule has 0 amide bonds. The van der Waals surface area contributed by atoms with Gasteiger partial charge in [-0.1, -0.05) is 23.7 Å². The number of sulfonamides is 1. The van der Waals surface area contributed by atoms with Crippen molar-refractivity contribution in [3.05, 3.63) is 59.0 Å². The molecule has 0 aliphatic rings. The van der Waals surface area contributed by atoms with Gasteiger partial charge in [-0.15, -0.1) is 0 Å². The maximum atomic E-state index is 13.4. The fraction of sp³-hybridized carbons (Fsp3) is 0.154. The van der Waals surface area contributed by atoms with Crippen molar-refractivity contribution >= 4 is 21.6 Å². The SMILES string of the molecule is O=S(=O)(NCCc1ccc(Cl)cc1)c1ncccc1F. The quantitative estimate of drug-likeness (QED) is 0.922. The maximum absolute atomic E-state index is 13.4. The van der Waals surface area contributed by atoms with Gasteiger partial charge in [-0.25, -0.2) is 22.5 Å². The zero-order valence-electron chi connectivity index (χ0n) is 10.4. The van der Waals surface area contributed by atoms with Crippen LogP contribution in [0.1, 0.15) is 5.56 Å². The van der Waals surface area contributed by atoms with Crippen molar-refractivity contribution < 1.29 is 12.8 Å². The normalized spacial score (nSPS) is 11.5. The number of nitrogens with zero attached hydrogens (tertiary/aromatic N) is 1. The Morgan fingerprint density at radius 2 is 1.90 bits per heavy atom. The molecule has 0 spiro atoms. The molecule has 1 N–H and O–H groups in total. The predicted molar refractivity (Wildman–Crippen MR) is 74.5 cm³/mol. The standard InChI is InChI=1S/C13H12ClFN2O2S/c14-11-5-3-10(4-6-11)7-9-17-20(18,19)13-12(15)2-1-8-16-13/h1-6,8,17H,7,9H2. The smallest absolute Gasteiger partial charge is 0.241 e. The monoisotopic (exact) mass is 314 g/mol. The number of hydrogen-bond donors (Lipinski definition) is 1. The van der Waals surface area contributed by atoms with E-state index in [1.54, 1.807) is 24.3 Å². The summed E-state index contributed by atoms with van der Waals surface area (Å²) >= 11 is 5.75. The Morgan fingerprint density at radius 3 is 2.55 bits per heavy atom. The van der Waals surface area contributed by atoms with Crippen LogP contribution in [0.5, 0.6) is 0 Å². The van der Waals surface area contributed by atoms with Gasteiger partial charge < -0.3 is 0 Å². The van der Waals surface area contributed by atoms with Crippen LogP contribution in [-0.4, -0.2) is 19.9 Å². The minimum absolute atomic E-state index is 0.153. The Hall–Kier alpha value is -1.50. The summed E-state index contributed by atoms with van der Waals surface area (Å²) in [5.41, 5.74) is 0.929. The molecular weight excluding hydrogens is 303 g/mol. The molecule has 106 valence electrons. The van der Waals surface area contributed by atoms with Crippen LogP contribution in [-0.2, 0) is 16.4 Å². The first-order chi connectivity index (χ1) is 9.49. The summed E-state index contributed by atoms with van der Waals surface area (Å²) in [5.74, 6) is -0.869. The van der Waals surface area contributed by atoms with Gasteiger partial charge in [0.2, 0.25) is 5.03 Å².